The van der Waals surface area contributed by atoms with Crippen LogP contribution in [0.5, 0.6) is 0 Å². The van der Waals surface area contributed by atoms with Crippen molar-refractivity contribution in [1.29, 1.82) is 0 Å². The van der Waals surface area contributed by atoms with Gasteiger partial charge in [0, 0.05) is 18.7 Å². The van der Waals surface area contributed by atoms with Gasteiger partial charge in [-0.05, 0) is 32.1 Å². The predicted octanol–water partition coefficient (Wildman–Crippen LogP) is 2.01. The highest BCUT2D eigenvalue weighted by Gasteiger charge is 2.28. The van der Waals surface area contributed by atoms with Crippen LogP contribution in [-0.2, 0) is 0 Å². The minimum absolute atomic E-state index is 0.347. The molecule has 0 spiro atoms. The number of aryl methyl sites for hydroxylation is 1. The van der Waals surface area contributed by atoms with Crippen molar-refractivity contribution < 1.29 is 0 Å². The predicted molar refractivity (Wildman–Crippen MR) is 74.5 cm³/mol. The lowest BCUT2D eigenvalue weighted by Gasteiger charge is -2.39. The normalized spacial score (nSPS) is 18.8. The van der Waals surface area contributed by atoms with Crippen LogP contribution in [-0.4, -0.2) is 23.1 Å². The standard InChI is InChI=1S/C13H23N5/c1-9-11(17-14)15-10(2)16-12(9)18-7-5-6-13(3,4)8-18/h5-8,14H2,1-4H3,(H,15,16,17). The summed E-state index contributed by atoms with van der Waals surface area (Å²) in [6.45, 7) is 10.6. The quantitative estimate of drug-likeness (QED) is 0.620. The van der Waals surface area contributed by atoms with Crippen LogP contribution >= 0.6 is 0 Å². The van der Waals surface area contributed by atoms with E-state index in [-0.39, 0.29) is 0 Å². The number of hydrazine groups is 1. The fourth-order valence-corrected chi connectivity index (χ4v) is 2.67. The third-order valence-corrected chi connectivity index (χ3v) is 3.57. The number of hydrogen-bond donors (Lipinski definition) is 2. The number of hydrogen-bond acceptors (Lipinski definition) is 5. The number of piperidine rings is 1. The van der Waals surface area contributed by atoms with Crippen molar-refractivity contribution in [2.75, 3.05) is 23.4 Å². The van der Waals surface area contributed by atoms with E-state index in [0.717, 1.165) is 36.1 Å². The largest absolute Gasteiger partial charge is 0.356 e. The molecule has 1 aromatic heterocycles. The number of nitrogen functional groups attached to an aromatic ring is 1. The van der Waals surface area contributed by atoms with Crippen molar-refractivity contribution in [2.45, 2.75) is 40.5 Å². The first-order chi connectivity index (χ1) is 8.43. The Bertz CT molecular complexity index is 441. The lowest BCUT2D eigenvalue weighted by Crippen LogP contribution is -2.41. The zero-order valence-electron chi connectivity index (χ0n) is 11.7. The molecule has 18 heavy (non-hydrogen) atoms. The van der Waals surface area contributed by atoms with Crippen LogP contribution in [0.1, 0.15) is 38.1 Å². The Labute approximate surface area is 109 Å². The van der Waals surface area contributed by atoms with Gasteiger partial charge in [-0.1, -0.05) is 13.8 Å². The Morgan fingerprint density at radius 2 is 2.00 bits per heavy atom. The van der Waals surface area contributed by atoms with Crippen LogP contribution in [0.15, 0.2) is 0 Å². The molecule has 0 saturated carbocycles. The number of rotatable bonds is 2. The van der Waals surface area contributed by atoms with E-state index in [1.807, 2.05) is 13.8 Å². The molecule has 5 heteroatoms. The Kier molecular flexibility index (Phi) is 3.43. The van der Waals surface area contributed by atoms with E-state index in [2.05, 4.69) is 34.1 Å². The molecular formula is C13H23N5. The maximum Gasteiger partial charge on any atom is 0.148 e. The molecule has 0 aromatic carbocycles. The Hall–Kier alpha value is -1.36. The second-order valence-electron chi connectivity index (χ2n) is 5.90. The van der Waals surface area contributed by atoms with Crippen molar-refractivity contribution in [3.63, 3.8) is 0 Å². The Balaban J connectivity index is 2.35. The first kappa shape index (κ1) is 13.1. The van der Waals surface area contributed by atoms with Gasteiger partial charge in [-0.2, -0.15) is 0 Å². The van der Waals surface area contributed by atoms with Crippen molar-refractivity contribution in [3.05, 3.63) is 11.4 Å². The van der Waals surface area contributed by atoms with Crippen molar-refractivity contribution >= 4 is 11.6 Å². The summed E-state index contributed by atoms with van der Waals surface area (Å²) in [5.74, 6) is 8.01. The van der Waals surface area contributed by atoms with E-state index < -0.39 is 0 Å². The summed E-state index contributed by atoms with van der Waals surface area (Å²) in [4.78, 5) is 11.3. The van der Waals surface area contributed by atoms with Crippen LogP contribution < -0.4 is 16.2 Å². The summed E-state index contributed by atoms with van der Waals surface area (Å²) >= 11 is 0. The molecule has 0 atom stereocenters. The van der Waals surface area contributed by atoms with Gasteiger partial charge in [0.2, 0.25) is 0 Å². The van der Waals surface area contributed by atoms with E-state index in [1.54, 1.807) is 0 Å². The third-order valence-electron chi connectivity index (χ3n) is 3.57. The van der Waals surface area contributed by atoms with Crippen LogP contribution in [0.4, 0.5) is 11.6 Å². The minimum atomic E-state index is 0.347. The third kappa shape index (κ3) is 2.56. The molecule has 3 N–H and O–H groups in total. The van der Waals surface area contributed by atoms with E-state index in [0.29, 0.717) is 5.41 Å². The van der Waals surface area contributed by atoms with Gasteiger partial charge in [0.05, 0.1) is 0 Å². The summed E-state index contributed by atoms with van der Waals surface area (Å²) < 4.78 is 0. The van der Waals surface area contributed by atoms with Gasteiger partial charge >= 0.3 is 0 Å². The first-order valence-electron chi connectivity index (χ1n) is 6.50. The van der Waals surface area contributed by atoms with Crippen LogP contribution in [0.3, 0.4) is 0 Å². The van der Waals surface area contributed by atoms with Gasteiger partial charge in [0.25, 0.3) is 0 Å². The smallest absolute Gasteiger partial charge is 0.148 e. The summed E-state index contributed by atoms with van der Waals surface area (Å²) in [5, 5.41) is 0. The van der Waals surface area contributed by atoms with Crippen molar-refractivity contribution in [1.82, 2.24) is 9.97 Å². The van der Waals surface area contributed by atoms with Gasteiger partial charge < -0.3 is 10.3 Å². The number of aromatic nitrogens is 2. The zero-order chi connectivity index (χ0) is 13.3. The highest BCUT2D eigenvalue weighted by atomic mass is 15.3. The highest BCUT2D eigenvalue weighted by molar-refractivity contribution is 5.58. The fourth-order valence-electron chi connectivity index (χ4n) is 2.67. The summed E-state index contributed by atoms with van der Waals surface area (Å²) in [7, 11) is 0. The molecule has 0 unspecified atom stereocenters. The molecule has 1 saturated heterocycles. The molecular weight excluding hydrogens is 226 g/mol. The van der Waals surface area contributed by atoms with Gasteiger partial charge in [-0.15, -0.1) is 0 Å². The lowest BCUT2D eigenvalue weighted by molar-refractivity contribution is 0.292. The molecule has 100 valence electrons. The molecule has 0 bridgehead atoms. The van der Waals surface area contributed by atoms with Crippen LogP contribution in [0.2, 0.25) is 0 Å². The minimum Gasteiger partial charge on any atom is -0.356 e. The highest BCUT2D eigenvalue weighted by Crippen LogP contribution is 2.33. The second kappa shape index (κ2) is 4.72. The first-order valence-corrected chi connectivity index (χ1v) is 6.50. The van der Waals surface area contributed by atoms with Gasteiger partial charge in [0.1, 0.15) is 17.5 Å². The summed E-state index contributed by atoms with van der Waals surface area (Å²) in [6.07, 6.45) is 2.48. The Morgan fingerprint density at radius 3 is 2.61 bits per heavy atom. The van der Waals surface area contributed by atoms with E-state index in [1.165, 1.54) is 12.8 Å². The molecule has 1 aromatic rings. The van der Waals surface area contributed by atoms with Gasteiger partial charge in [-0.3, -0.25) is 0 Å². The molecule has 5 nitrogen and oxygen atoms in total. The molecule has 0 amide bonds. The number of anilines is 2. The summed E-state index contributed by atoms with van der Waals surface area (Å²) in [5.41, 5.74) is 4.03. The van der Waals surface area contributed by atoms with Crippen molar-refractivity contribution in [3.8, 4) is 0 Å². The molecule has 1 fully saturated rings. The number of nitrogens with zero attached hydrogens (tertiary/aromatic N) is 3. The van der Waals surface area contributed by atoms with Crippen LogP contribution in [0, 0.1) is 19.3 Å². The maximum absolute atomic E-state index is 5.51. The number of nitrogens with two attached hydrogens (primary N) is 1. The molecule has 0 aliphatic carbocycles. The summed E-state index contributed by atoms with van der Waals surface area (Å²) in [6, 6.07) is 0. The number of nitrogens with one attached hydrogen (secondary N) is 1. The van der Waals surface area contributed by atoms with Gasteiger partial charge in [0.15, 0.2) is 0 Å². The average molecular weight is 249 g/mol. The average Bonchev–Trinajstić information content (AvgIpc) is 2.30. The van der Waals surface area contributed by atoms with E-state index in [4.69, 9.17) is 5.84 Å². The molecule has 1 aliphatic rings. The molecule has 1 aliphatic heterocycles. The Morgan fingerprint density at radius 1 is 1.28 bits per heavy atom. The maximum atomic E-state index is 5.51. The molecule has 2 heterocycles. The topological polar surface area (TPSA) is 67.1 Å². The van der Waals surface area contributed by atoms with Gasteiger partial charge in [-0.25, -0.2) is 15.8 Å². The lowest BCUT2D eigenvalue weighted by atomic mass is 9.84. The monoisotopic (exact) mass is 249 g/mol. The molecule has 2 rings (SSSR count). The van der Waals surface area contributed by atoms with Crippen LogP contribution in [0.25, 0.3) is 0 Å². The zero-order valence-corrected chi connectivity index (χ0v) is 11.7. The fraction of sp³-hybridized carbons (Fsp3) is 0.692. The SMILES string of the molecule is Cc1nc(NN)c(C)c(N2CCCC(C)(C)C2)n1. The van der Waals surface area contributed by atoms with E-state index >= 15 is 0 Å². The molecule has 0 radical (unpaired) electrons. The second-order valence-corrected chi connectivity index (χ2v) is 5.90. The van der Waals surface area contributed by atoms with Crippen molar-refractivity contribution in [2.24, 2.45) is 11.3 Å². The van der Waals surface area contributed by atoms with E-state index in [9.17, 15) is 0 Å².